The maximum Gasteiger partial charge on any atom is 0.237 e. The number of aromatic nitrogens is 3. The van der Waals surface area contributed by atoms with Crippen molar-refractivity contribution in [1.29, 1.82) is 0 Å². The standard InChI is InChI=1S/C14H14F2N4OS/c1-3-7-20-8-17-19-14(20)22-9(2)13(21)18-12-10(15)5-4-6-11(12)16/h3-6,8-9H,1,7H2,2H3,(H,18,21)/t9-/m1/s1. The van der Waals surface area contributed by atoms with Crippen LogP contribution in [0.15, 0.2) is 42.3 Å². The molecule has 0 fully saturated rings. The summed E-state index contributed by atoms with van der Waals surface area (Å²) in [5, 5.41) is 9.83. The molecule has 1 aromatic heterocycles. The lowest BCUT2D eigenvalue weighted by atomic mass is 10.3. The molecular formula is C14H14F2N4OS. The van der Waals surface area contributed by atoms with E-state index in [0.717, 1.165) is 23.9 Å². The number of para-hydroxylation sites is 1. The number of nitrogens with zero attached hydrogens (tertiary/aromatic N) is 3. The van der Waals surface area contributed by atoms with Gasteiger partial charge in [-0.15, -0.1) is 16.8 Å². The van der Waals surface area contributed by atoms with Crippen molar-refractivity contribution in [2.45, 2.75) is 23.9 Å². The second kappa shape index (κ2) is 7.17. The van der Waals surface area contributed by atoms with E-state index in [-0.39, 0.29) is 0 Å². The molecule has 1 aromatic carbocycles. The summed E-state index contributed by atoms with van der Waals surface area (Å²) in [6.07, 6.45) is 3.19. The first-order valence-electron chi connectivity index (χ1n) is 6.43. The van der Waals surface area contributed by atoms with Gasteiger partial charge in [-0.3, -0.25) is 4.79 Å². The van der Waals surface area contributed by atoms with Gasteiger partial charge in [0.25, 0.3) is 0 Å². The van der Waals surface area contributed by atoms with Crippen LogP contribution in [0.25, 0.3) is 0 Å². The first kappa shape index (κ1) is 16.2. The topological polar surface area (TPSA) is 59.8 Å². The van der Waals surface area contributed by atoms with Crippen molar-refractivity contribution in [3.8, 4) is 0 Å². The van der Waals surface area contributed by atoms with Crippen LogP contribution in [0.1, 0.15) is 6.92 Å². The van der Waals surface area contributed by atoms with Gasteiger partial charge in [0.2, 0.25) is 5.91 Å². The predicted molar refractivity (Wildman–Crippen MR) is 80.5 cm³/mol. The van der Waals surface area contributed by atoms with Crippen LogP contribution >= 0.6 is 11.8 Å². The van der Waals surface area contributed by atoms with E-state index in [1.54, 1.807) is 17.6 Å². The Bertz CT molecular complexity index is 669. The van der Waals surface area contributed by atoms with Gasteiger partial charge in [0, 0.05) is 6.54 Å². The lowest BCUT2D eigenvalue weighted by Gasteiger charge is -2.12. The highest BCUT2D eigenvalue weighted by atomic mass is 32.2. The first-order valence-corrected chi connectivity index (χ1v) is 7.31. The lowest BCUT2D eigenvalue weighted by Crippen LogP contribution is -2.24. The Morgan fingerprint density at radius 3 is 2.82 bits per heavy atom. The number of halogens is 2. The van der Waals surface area contributed by atoms with Crippen molar-refractivity contribution in [3.05, 3.63) is 48.8 Å². The maximum atomic E-state index is 13.5. The number of hydrogen-bond donors (Lipinski definition) is 1. The molecule has 116 valence electrons. The number of allylic oxidation sites excluding steroid dienone is 1. The van der Waals surface area contributed by atoms with E-state index >= 15 is 0 Å². The molecule has 2 rings (SSSR count). The number of nitrogens with one attached hydrogen (secondary N) is 1. The van der Waals surface area contributed by atoms with Gasteiger partial charge in [0.15, 0.2) is 5.16 Å². The number of thioether (sulfide) groups is 1. The van der Waals surface area contributed by atoms with Crippen LogP contribution in [0.4, 0.5) is 14.5 Å². The Kier molecular flexibility index (Phi) is 5.26. The number of carbonyl (C=O) groups is 1. The fourth-order valence-electron chi connectivity index (χ4n) is 1.65. The van der Waals surface area contributed by atoms with Gasteiger partial charge in [0.1, 0.15) is 23.6 Å². The van der Waals surface area contributed by atoms with Crippen molar-refractivity contribution in [2.75, 3.05) is 5.32 Å². The number of carbonyl (C=O) groups excluding carboxylic acids is 1. The molecule has 22 heavy (non-hydrogen) atoms. The van der Waals surface area contributed by atoms with E-state index < -0.39 is 28.5 Å². The minimum atomic E-state index is -0.819. The zero-order chi connectivity index (χ0) is 16.1. The van der Waals surface area contributed by atoms with Crippen LogP contribution in [-0.4, -0.2) is 25.9 Å². The zero-order valence-electron chi connectivity index (χ0n) is 11.8. The number of anilines is 1. The number of hydrogen-bond acceptors (Lipinski definition) is 4. The molecule has 2 aromatic rings. The Morgan fingerprint density at radius 1 is 1.50 bits per heavy atom. The number of benzene rings is 1. The molecule has 0 saturated heterocycles. The highest BCUT2D eigenvalue weighted by Crippen LogP contribution is 2.24. The van der Waals surface area contributed by atoms with E-state index in [1.807, 2.05) is 0 Å². The van der Waals surface area contributed by atoms with Crippen LogP contribution in [0.2, 0.25) is 0 Å². The minimum Gasteiger partial charge on any atom is -0.320 e. The first-order chi connectivity index (χ1) is 10.5. The fraction of sp³-hybridized carbons (Fsp3) is 0.214. The average Bonchev–Trinajstić information content (AvgIpc) is 2.90. The van der Waals surface area contributed by atoms with Crippen molar-refractivity contribution < 1.29 is 13.6 Å². The molecule has 0 aliphatic rings. The van der Waals surface area contributed by atoms with Gasteiger partial charge in [-0.2, -0.15) is 0 Å². The molecule has 0 radical (unpaired) electrons. The summed E-state index contributed by atoms with van der Waals surface area (Å²) in [6.45, 7) is 5.74. The normalized spacial score (nSPS) is 12.0. The number of rotatable bonds is 6. The third-order valence-corrected chi connectivity index (χ3v) is 3.86. The Hall–Kier alpha value is -2.22. The second-order valence-electron chi connectivity index (χ2n) is 4.40. The summed E-state index contributed by atoms with van der Waals surface area (Å²) < 4.78 is 28.7. The van der Waals surface area contributed by atoms with Gasteiger partial charge in [-0.25, -0.2) is 8.78 Å². The molecule has 0 unspecified atom stereocenters. The molecule has 1 N–H and O–H groups in total. The third-order valence-electron chi connectivity index (χ3n) is 2.77. The van der Waals surface area contributed by atoms with E-state index in [0.29, 0.717) is 11.7 Å². The van der Waals surface area contributed by atoms with Crippen LogP contribution in [0.5, 0.6) is 0 Å². The van der Waals surface area contributed by atoms with Crippen LogP contribution in [0, 0.1) is 11.6 Å². The summed E-state index contributed by atoms with van der Waals surface area (Å²) in [5.41, 5.74) is -0.451. The quantitative estimate of drug-likeness (QED) is 0.656. The predicted octanol–water partition coefficient (Wildman–Crippen LogP) is 2.86. The highest BCUT2D eigenvalue weighted by Gasteiger charge is 2.20. The third kappa shape index (κ3) is 3.70. The van der Waals surface area contributed by atoms with E-state index in [4.69, 9.17) is 0 Å². The van der Waals surface area contributed by atoms with Crippen molar-refractivity contribution in [3.63, 3.8) is 0 Å². The molecule has 1 heterocycles. The summed E-state index contributed by atoms with van der Waals surface area (Å²) in [7, 11) is 0. The Morgan fingerprint density at radius 2 is 2.18 bits per heavy atom. The molecule has 0 spiro atoms. The van der Waals surface area contributed by atoms with Gasteiger partial charge in [-0.05, 0) is 19.1 Å². The van der Waals surface area contributed by atoms with Crippen molar-refractivity contribution in [2.24, 2.45) is 0 Å². The van der Waals surface area contributed by atoms with Gasteiger partial charge in [0.05, 0.1) is 5.25 Å². The largest absolute Gasteiger partial charge is 0.320 e. The average molecular weight is 324 g/mol. The number of amides is 1. The minimum absolute atomic E-state index is 0.451. The fourth-order valence-corrected chi connectivity index (χ4v) is 2.49. The van der Waals surface area contributed by atoms with Gasteiger partial charge in [-0.1, -0.05) is 23.9 Å². The zero-order valence-corrected chi connectivity index (χ0v) is 12.6. The smallest absolute Gasteiger partial charge is 0.237 e. The molecule has 1 atom stereocenters. The molecule has 0 saturated carbocycles. The van der Waals surface area contributed by atoms with E-state index in [2.05, 4.69) is 22.1 Å². The molecule has 0 bridgehead atoms. The molecule has 0 aliphatic carbocycles. The summed E-state index contributed by atoms with van der Waals surface area (Å²) in [6, 6.07) is 3.39. The maximum absolute atomic E-state index is 13.5. The molecule has 8 heteroatoms. The molecule has 1 amide bonds. The summed E-state index contributed by atoms with van der Waals surface area (Å²) >= 11 is 1.14. The summed E-state index contributed by atoms with van der Waals surface area (Å²) in [5.74, 6) is -2.16. The lowest BCUT2D eigenvalue weighted by molar-refractivity contribution is -0.115. The Labute approximate surface area is 130 Å². The van der Waals surface area contributed by atoms with Crippen LogP contribution < -0.4 is 5.32 Å². The van der Waals surface area contributed by atoms with Gasteiger partial charge < -0.3 is 9.88 Å². The van der Waals surface area contributed by atoms with Gasteiger partial charge >= 0.3 is 0 Å². The SMILES string of the molecule is C=CCn1cnnc1S[C@H](C)C(=O)Nc1c(F)cccc1F. The molecular weight excluding hydrogens is 310 g/mol. The molecule has 0 aliphatic heterocycles. The van der Waals surface area contributed by atoms with Crippen molar-refractivity contribution in [1.82, 2.24) is 14.8 Å². The highest BCUT2D eigenvalue weighted by molar-refractivity contribution is 8.00. The molecule has 5 nitrogen and oxygen atoms in total. The van der Waals surface area contributed by atoms with Crippen LogP contribution in [0.3, 0.4) is 0 Å². The van der Waals surface area contributed by atoms with Crippen LogP contribution in [-0.2, 0) is 11.3 Å². The summed E-state index contributed by atoms with van der Waals surface area (Å²) in [4.78, 5) is 12.1. The van der Waals surface area contributed by atoms with E-state index in [1.165, 1.54) is 12.4 Å². The monoisotopic (exact) mass is 324 g/mol. The van der Waals surface area contributed by atoms with Crippen molar-refractivity contribution >= 4 is 23.4 Å². The second-order valence-corrected chi connectivity index (χ2v) is 5.71. The Balaban J connectivity index is 2.06. The van der Waals surface area contributed by atoms with E-state index in [9.17, 15) is 13.6 Å².